The van der Waals surface area contributed by atoms with E-state index in [2.05, 4.69) is 36.9 Å². The van der Waals surface area contributed by atoms with Gasteiger partial charge in [0.05, 0.1) is 5.60 Å². The highest BCUT2D eigenvalue weighted by molar-refractivity contribution is 6.28. The third kappa shape index (κ3) is 5.10. The molecule has 0 bridgehead atoms. The first-order valence-corrected chi connectivity index (χ1v) is 12.5. The summed E-state index contributed by atoms with van der Waals surface area (Å²) in [6.07, 6.45) is 7.62. The van der Waals surface area contributed by atoms with E-state index in [-0.39, 0.29) is 5.28 Å². The topological polar surface area (TPSA) is 74.6 Å². The molecule has 1 spiro atoms. The van der Waals surface area contributed by atoms with E-state index >= 15 is 0 Å². The zero-order valence-electron chi connectivity index (χ0n) is 19.6. The van der Waals surface area contributed by atoms with Gasteiger partial charge in [-0.15, -0.1) is 0 Å². The minimum atomic E-state index is -0.832. The normalized spacial score (nSPS) is 23.6. The highest BCUT2D eigenvalue weighted by atomic mass is 35.5. The molecule has 1 saturated carbocycles. The molecule has 1 aliphatic carbocycles. The number of piperidine rings is 1. The van der Waals surface area contributed by atoms with E-state index in [1.165, 1.54) is 31.2 Å². The van der Waals surface area contributed by atoms with Crippen LogP contribution in [0.2, 0.25) is 5.28 Å². The second kappa shape index (κ2) is 9.01. The lowest BCUT2D eigenvalue weighted by Crippen LogP contribution is -2.56. The Morgan fingerprint density at radius 3 is 2.64 bits per heavy atom. The number of hydrogen-bond donors (Lipinski definition) is 1. The lowest BCUT2D eigenvalue weighted by atomic mass is 9.78. The highest BCUT2D eigenvalue weighted by Gasteiger charge is 2.50. The SMILES string of the molecule is CC(C)(O)COc1ccccc1C1CCN([C@@H]2CCC3(C2)CN(c2ncnc(Cl)n2)C3)CC1. The average molecular weight is 472 g/mol. The summed E-state index contributed by atoms with van der Waals surface area (Å²) in [7, 11) is 0. The molecule has 5 rings (SSSR count). The number of hydrogen-bond acceptors (Lipinski definition) is 7. The van der Waals surface area contributed by atoms with E-state index in [9.17, 15) is 5.11 Å². The van der Waals surface area contributed by atoms with Crippen molar-refractivity contribution >= 4 is 17.5 Å². The molecular formula is C25H34ClN5O2. The van der Waals surface area contributed by atoms with Crippen molar-refractivity contribution in [3.05, 3.63) is 41.4 Å². The molecule has 2 saturated heterocycles. The van der Waals surface area contributed by atoms with Crippen LogP contribution in [0.1, 0.15) is 57.4 Å². The number of anilines is 1. The Hall–Kier alpha value is -1.96. The summed E-state index contributed by atoms with van der Waals surface area (Å²) >= 11 is 5.93. The van der Waals surface area contributed by atoms with Crippen LogP contribution in [0.5, 0.6) is 5.75 Å². The van der Waals surface area contributed by atoms with Crippen molar-refractivity contribution < 1.29 is 9.84 Å². The molecule has 3 fully saturated rings. The van der Waals surface area contributed by atoms with Crippen LogP contribution in [0.4, 0.5) is 5.95 Å². The van der Waals surface area contributed by atoms with E-state index in [0.717, 1.165) is 44.8 Å². The molecule has 33 heavy (non-hydrogen) atoms. The van der Waals surface area contributed by atoms with Crippen molar-refractivity contribution in [3.8, 4) is 5.75 Å². The molecule has 1 atom stereocenters. The Bertz CT molecular complexity index is 967. The van der Waals surface area contributed by atoms with Gasteiger partial charge < -0.3 is 19.6 Å². The number of aromatic nitrogens is 3. The molecule has 3 heterocycles. The molecule has 0 radical (unpaired) electrons. The number of rotatable bonds is 6. The minimum absolute atomic E-state index is 0.264. The molecule has 2 aliphatic heterocycles. The largest absolute Gasteiger partial charge is 0.490 e. The maximum absolute atomic E-state index is 10.0. The molecular weight excluding hydrogens is 438 g/mol. The highest BCUT2D eigenvalue weighted by Crippen LogP contribution is 2.48. The van der Waals surface area contributed by atoms with E-state index < -0.39 is 5.60 Å². The number of aliphatic hydroxyl groups is 1. The lowest BCUT2D eigenvalue weighted by molar-refractivity contribution is 0.0278. The molecule has 178 valence electrons. The number of halogens is 1. The fourth-order valence-corrected chi connectivity index (χ4v) is 6.00. The van der Waals surface area contributed by atoms with E-state index in [0.29, 0.717) is 29.9 Å². The Morgan fingerprint density at radius 1 is 1.15 bits per heavy atom. The molecule has 2 aromatic rings. The summed E-state index contributed by atoms with van der Waals surface area (Å²) in [6.45, 7) is 8.18. The average Bonchev–Trinajstić information content (AvgIpc) is 3.23. The predicted molar refractivity (Wildman–Crippen MR) is 129 cm³/mol. The van der Waals surface area contributed by atoms with Crippen LogP contribution in [-0.4, -0.2) is 69.4 Å². The van der Waals surface area contributed by atoms with Crippen LogP contribution in [-0.2, 0) is 0 Å². The van der Waals surface area contributed by atoms with Gasteiger partial charge in [-0.3, -0.25) is 0 Å². The number of para-hydroxylation sites is 1. The second-order valence-corrected chi connectivity index (χ2v) is 11.1. The zero-order valence-corrected chi connectivity index (χ0v) is 20.3. The zero-order chi connectivity index (χ0) is 23.1. The number of ether oxygens (including phenoxy) is 1. The van der Waals surface area contributed by atoms with Crippen molar-refractivity contribution in [2.24, 2.45) is 5.41 Å². The van der Waals surface area contributed by atoms with Gasteiger partial charge in [0.1, 0.15) is 18.7 Å². The van der Waals surface area contributed by atoms with Crippen LogP contribution in [0.25, 0.3) is 0 Å². The van der Waals surface area contributed by atoms with Gasteiger partial charge >= 0.3 is 0 Å². The van der Waals surface area contributed by atoms with Gasteiger partial charge in [-0.1, -0.05) is 18.2 Å². The summed E-state index contributed by atoms with van der Waals surface area (Å²) < 4.78 is 5.99. The summed E-state index contributed by atoms with van der Waals surface area (Å²) in [5.74, 6) is 2.14. The lowest BCUT2D eigenvalue weighted by Gasteiger charge is -2.49. The second-order valence-electron chi connectivity index (χ2n) is 10.8. The minimum Gasteiger partial charge on any atom is -0.490 e. The van der Waals surface area contributed by atoms with Crippen LogP contribution in [0.15, 0.2) is 30.6 Å². The van der Waals surface area contributed by atoms with Crippen LogP contribution >= 0.6 is 11.6 Å². The molecule has 1 aromatic carbocycles. The van der Waals surface area contributed by atoms with Gasteiger partial charge in [0.2, 0.25) is 11.2 Å². The standard InChI is InChI=1S/C25H34ClN5O2/c1-24(2,32)16-33-21-6-4-3-5-20(21)18-8-11-30(12-9-18)19-7-10-25(13-19)14-31(15-25)23-28-17-27-22(26)29-23/h3-6,17-19,32H,7-16H2,1-2H3/t19-/m1/s1. The summed E-state index contributed by atoms with van der Waals surface area (Å²) in [5.41, 5.74) is 0.856. The van der Waals surface area contributed by atoms with Gasteiger partial charge in [0.15, 0.2) is 0 Å². The third-order valence-electron chi connectivity index (χ3n) is 7.53. The monoisotopic (exact) mass is 471 g/mol. The van der Waals surface area contributed by atoms with E-state index in [1.807, 2.05) is 12.1 Å². The van der Waals surface area contributed by atoms with Crippen LogP contribution < -0.4 is 9.64 Å². The predicted octanol–water partition coefficient (Wildman–Crippen LogP) is 3.91. The Labute approximate surface area is 201 Å². The van der Waals surface area contributed by atoms with Crippen LogP contribution in [0.3, 0.4) is 0 Å². The molecule has 1 N–H and O–H groups in total. The fourth-order valence-electron chi connectivity index (χ4n) is 5.88. The van der Waals surface area contributed by atoms with Gasteiger partial charge in [-0.2, -0.15) is 4.98 Å². The molecule has 0 unspecified atom stereocenters. The van der Waals surface area contributed by atoms with E-state index in [1.54, 1.807) is 13.8 Å². The summed E-state index contributed by atoms with van der Waals surface area (Å²) in [6, 6.07) is 9.03. The van der Waals surface area contributed by atoms with Crippen LogP contribution in [0, 0.1) is 5.41 Å². The molecule has 0 amide bonds. The molecule has 1 aromatic heterocycles. The van der Waals surface area contributed by atoms with Gasteiger partial charge in [-0.05, 0) is 88.2 Å². The van der Waals surface area contributed by atoms with Crippen molar-refractivity contribution in [1.29, 1.82) is 0 Å². The quantitative estimate of drug-likeness (QED) is 0.684. The maximum Gasteiger partial charge on any atom is 0.229 e. The smallest absolute Gasteiger partial charge is 0.229 e. The van der Waals surface area contributed by atoms with E-state index in [4.69, 9.17) is 16.3 Å². The summed E-state index contributed by atoms with van der Waals surface area (Å²) in [4.78, 5) is 17.4. The Morgan fingerprint density at radius 2 is 1.91 bits per heavy atom. The summed E-state index contributed by atoms with van der Waals surface area (Å²) in [5, 5.41) is 10.3. The number of nitrogens with zero attached hydrogens (tertiary/aromatic N) is 5. The third-order valence-corrected chi connectivity index (χ3v) is 7.71. The van der Waals surface area contributed by atoms with Gasteiger partial charge in [0, 0.05) is 24.5 Å². The van der Waals surface area contributed by atoms with Crippen molar-refractivity contribution in [1.82, 2.24) is 19.9 Å². The number of likely N-dealkylation sites (tertiary alicyclic amines) is 1. The maximum atomic E-state index is 10.0. The Balaban J connectivity index is 1.14. The molecule has 8 heteroatoms. The first-order valence-electron chi connectivity index (χ1n) is 12.1. The molecule has 3 aliphatic rings. The van der Waals surface area contributed by atoms with Gasteiger partial charge in [0.25, 0.3) is 0 Å². The fraction of sp³-hybridized carbons (Fsp3) is 0.640. The number of benzene rings is 1. The molecule has 7 nitrogen and oxygen atoms in total. The van der Waals surface area contributed by atoms with Crippen molar-refractivity contribution in [3.63, 3.8) is 0 Å². The Kier molecular flexibility index (Phi) is 6.23. The first-order chi connectivity index (χ1) is 15.8. The van der Waals surface area contributed by atoms with Crippen molar-refractivity contribution in [2.75, 3.05) is 37.7 Å². The first kappa shape index (κ1) is 22.8. The van der Waals surface area contributed by atoms with Crippen molar-refractivity contribution in [2.45, 2.75) is 63.5 Å². The van der Waals surface area contributed by atoms with Gasteiger partial charge in [-0.25, -0.2) is 9.97 Å².